The maximum Gasteiger partial charge on any atom is 0.573 e. The highest BCUT2D eigenvalue weighted by Gasteiger charge is 2.31. The molecule has 0 saturated carbocycles. The minimum Gasteiger partial charge on any atom is -0.406 e. The molecule has 9 heteroatoms. The van der Waals surface area contributed by atoms with Crippen LogP contribution in [0.15, 0.2) is 36.7 Å². The summed E-state index contributed by atoms with van der Waals surface area (Å²) in [6.07, 6.45) is -1.37. The van der Waals surface area contributed by atoms with Crippen LogP contribution in [0.3, 0.4) is 0 Å². The molecule has 0 aliphatic rings. The molecule has 1 aromatic carbocycles. The maximum absolute atomic E-state index is 12.6. The van der Waals surface area contributed by atoms with Crippen molar-refractivity contribution in [3.63, 3.8) is 0 Å². The normalized spacial score (nSPS) is 12.7. The van der Waals surface area contributed by atoms with Crippen molar-refractivity contribution in [1.82, 2.24) is 20.0 Å². The summed E-state index contributed by atoms with van der Waals surface area (Å²) in [5, 5.41) is 6.99. The highest BCUT2D eigenvalue weighted by Crippen LogP contribution is 2.23. The van der Waals surface area contributed by atoms with Gasteiger partial charge in [0.25, 0.3) is 0 Å². The summed E-state index contributed by atoms with van der Waals surface area (Å²) < 4.78 is 41.9. The average molecular weight is 356 g/mol. The van der Waals surface area contributed by atoms with Crippen LogP contribution in [0.2, 0.25) is 0 Å². The van der Waals surface area contributed by atoms with Gasteiger partial charge in [0.05, 0.1) is 6.20 Å². The van der Waals surface area contributed by atoms with Crippen LogP contribution in [0.1, 0.15) is 17.2 Å². The van der Waals surface area contributed by atoms with E-state index in [0.29, 0.717) is 5.56 Å². The Morgan fingerprint density at radius 2 is 2.00 bits per heavy atom. The largest absolute Gasteiger partial charge is 0.573 e. The molecule has 2 aromatic rings. The number of carbonyl (C=O) groups excluding carboxylic acids is 1. The van der Waals surface area contributed by atoms with Gasteiger partial charge in [-0.2, -0.15) is 5.10 Å². The van der Waals surface area contributed by atoms with E-state index in [-0.39, 0.29) is 18.2 Å². The molecule has 0 bridgehead atoms. The second-order valence-corrected chi connectivity index (χ2v) is 5.56. The Balaban J connectivity index is 2.02. The van der Waals surface area contributed by atoms with Crippen molar-refractivity contribution >= 4 is 5.91 Å². The number of ether oxygens (including phenoxy) is 1. The van der Waals surface area contributed by atoms with Crippen molar-refractivity contribution in [2.45, 2.75) is 18.9 Å². The molecule has 0 fully saturated rings. The van der Waals surface area contributed by atoms with Gasteiger partial charge in [-0.05, 0) is 24.7 Å². The van der Waals surface area contributed by atoms with Gasteiger partial charge in [-0.15, -0.1) is 13.2 Å². The highest BCUT2D eigenvalue weighted by molar-refractivity contribution is 5.82. The summed E-state index contributed by atoms with van der Waals surface area (Å²) in [5.74, 6) is -0.472. The molecule has 1 unspecified atom stereocenters. The lowest BCUT2D eigenvalue weighted by Gasteiger charge is -2.23. The van der Waals surface area contributed by atoms with Gasteiger partial charge >= 0.3 is 6.36 Å². The van der Waals surface area contributed by atoms with Gasteiger partial charge < -0.3 is 15.0 Å². The zero-order valence-corrected chi connectivity index (χ0v) is 14.0. The summed E-state index contributed by atoms with van der Waals surface area (Å²) in [6, 6.07) is 4.87. The van der Waals surface area contributed by atoms with E-state index in [1.165, 1.54) is 29.2 Å². The number of carbonyl (C=O) groups is 1. The smallest absolute Gasteiger partial charge is 0.406 e. The molecule has 0 spiro atoms. The number of aromatic nitrogens is 2. The first-order chi connectivity index (χ1) is 11.7. The SMILES string of the molecule is CNC(C(=O)N(C)Cc1ccc(OC(F)(F)F)cc1)c1cnn(C)c1. The van der Waals surface area contributed by atoms with Crippen LogP contribution in [-0.4, -0.2) is 41.0 Å². The number of nitrogens with one attached hydrogen (secondary N) is 1. The molecule has 1 N–H and O–H groups in total. The van der Waals surface area contributed by atoms with Crippen LogP contribution < -0.4 is 10.1 Å². The molecule has 0 saturated heterocycles. The molecule has 1 aromatic heterocycles. The van der Waals surface area contributed by atoms with Crippen LogP contribution in [0.25, 0.3) is 0 Å². The average Bonchev–Trinajstić information content (AvgIpc) is 2.94. The molecule has 25 heavy (non-hydrogen) atoms. The summed E-state index contributed by atoms with van der Waals surface area (Å²) in [6.45, 7) is 0.254. The molecule has 6 nitrogen and oxygen atoms in total. The number of nitrogens with zero attached hydrogens (tertiary/aromatic N) is 3. The fourth-order valence-electron chi connectivity index (χ4n) is 2.39. The lowest BCUT2D eigenvalue weighted by Crippen LogP contribution is -2.37. The van der Waals surface area contributed by atoms with E-state index in [9.17, 15) is 18.0 Å². The highest BCUT2D eigenvalue weighted by atomic mass is 19.4. The molecule has 136 valence electrons. The standard InChI is InChI=1S/C16H19F3N4O2/c1-20-14(12-8-21-23(3)10-12)15(24)22(2)9-11-4-6-13(7-5-11)25-16(17,18)19/h4-8,10,14,20H,9H2,1-3H3. The topological polar surface area (TPSA) is 59.4 Å². The number of benzene rings is 1. The molecule has 2 rings (SSSR count). The lowest BCUT2D eigenvalue weighted by atomic mass is 10.1. The lowest BCUT2D eigenvalue weighted by molar-refractivity contribution is -0.274. The third-order valence-corrected chi connectivity index (χ3v) is 3.55. The number of rotatable bonds is 6. The van der Waals surface area contributed by atoms with Gasteiger partial charge in [-0.1, -0.05) is 12.1 Å². The summed E-state index contributed by atoms with van der Waals surface area (Å²) in [7, 11) is 5.06. The van der Waals surface area contributed by atoms with Crippen LogP contribution in [0, 0.1) is 0 Å². The first-order valence-electron chi connectivity index (χ1n) is 7.45. The minimum atomic E-state index is -4.72. The number of likely N-dealkylation sites (N-methyl/N-ethyl adjacent to an activating group) is 2. The van der Waals surface area contributed by atoms with Crippen LogP contribution in [0.4, 0.5) is 13.2 Å². The van der Waals surface area contributed by atoms with E-state index in [4.69, 9.17) is 0 Å². The Morgan fingerprint density at radius 1 is 1.36 bits per heavy atom. The van der Waals surface area contributed by atoms with Gasteiger partial charge in [-0.3, -0.25) is 9.48 Å². The number of amides is 1. The Bertz CT molecular complexity index is 713. The van der Waals surface area contributed by atoms with Gasteiger partial charge in [0.15, 0.2) is 0 Å². The maximum atomic E-state index is 12.6. The number of alkyl halides is 3. The Morgan fingerprint density at radius 3 is 2.48 bits per heavy atom. The number of aryl methyl sites for hydroxylation is 1. The third kappa shape index (κ3) is 5.21. The molecule has 0 aliphatic heterocycles. The molecular weight excluding hydrogens is 337 g/mol. The Labute approximate surface area is 143 Å². The zero-order chi connectivity index (χ0) is 18.6. The van der Waals surface area contributed by atoms with Crippen LogP contribution in [0.5, 0.6) is 5.75 Å². The quantitative estimate of drug-likeness (QED) is 0.862. The number of hydrogen-bond donors (Lipinski definition) is 1. The van der Waals surface area contributed by atoms with E-state index in [1.54, 1.807) is 38.2 Å². The first kappa shape index (κ1) is 18.8. The first-order valence-corrected chi connectivity index (χ1v) is 7.45. The van der Waals surface area contributed by atoms with Crippen LogP contribution >= 0.6 is 0 Å². The third-order valence-electron chi connectivity index (χ3n) is 3.55. The monoisotopic (exact) mass is 356 g/mol. The predicted molar refractivity (Wildman–Crippen MR) is 84.6 cm³/mol. The van der Waals surface area contributed by atoms with Crippen LogP contribution in [-0.2, 0) is 18.4 Å². The second-order valence-electron chi connectivity index (χ2n) is 5.56. The predicted octanol–water partition coefficient (Wildman–Crippen LogP) is 2.24. The molecule has 1 amide bonds. The minimum absolute atomic E-state index is 0.175. The molecule has 0 radical (unpaired) electrons. The van der Waals surface area contributed by atoms with Crippen molar-refractivity contribution in [2.75, 3.05) is 14.1 Å². The van der Waals surface area contributed by atoms with Crippen molar-refractivity contribution in [2.24, 2.45) is 7.05 Å². The molecule has 1 heterocycles. The molecule has 1 atom stereocenters. The van der Waals surface area contributed by atoms with Crippen molar-refractivity contribution in [3.8, 4) is 5.75 Å². The fourth-order valence-corrected chi connectivity index (χ4v) is 2.39. The van der Waals surface area contributed by atoms with Crippen molar-refractivity contribution in [1.29, 1.82) is 0 Å². The van der Waals surface area contributed by atoms with E-state index in [2.05, 4.69) is 15.2 Å². The van der Waals surface area contributed by atoms with Gasteiger partial charge in [0, 0.05) is 32.4 Å². The molecule has 0 aliphatic carbocycles. The second kappa shape index (κ2) is 7.56. The number of halogens is 3. The van der Waals surface area contributed by atoms with E-state index >= 15 is 0 Å². The Kier molecular flexibility index (Phi) is 5.68. The van der Waals surface area contributed by atoms with E-state index < -0.39 is 12.4 Å². The molecular formula is C16H19F3N4O2. The summed E-state index contributed by atoms with van der Waals surface area (Å²) >= 11 is 0. The van der Waals surface area contributed by atoms with E-state index in [1.807, 2.05) is 0 Å². The summed E-state index contributed by atoms with van der Waals surface area (Å²) in [4.78, 5) is 14.1. The van der Waals surface area contributed by atoms with E-state index in [0.717, 1.165) is 5.56 Å². The fraction of sp³-hybridized carbons (Fsp3) is 0.375. The van der Waals surface area contributed by atoms with Gasteiger partial charge in [-0.25, -0.2) is 0 Å². The van der Waals surface area contributed by atoms with Gasteiger partial charge in [0.1, 0.15) is 11.8 Å². The van der Waals surface area contributed by atoms with Gasteiger partial charge in [0.2, 0.25) is 5.91 Å². The van der Waals surface area contributed by atoms with Crippen molar-refractivity contribution in [3.05, 3.63) is 47.8 Å². The Hall–Kier alpha value is -2.55. The number of hydrogen-bond acceptors (Lipinski definition) is 4. The van der Waals surface area contributed by atoms with Crippen molar-refractivity contribution < 1.29 is 22.7 Å². The summed E-state index contributed by atoms with van der Waals surface area (Å²) in [5.41, 5.74) is 1.42. The zero-order valence-electron chi connectivity index (χ0n) is 14.0.